The average molecular weight is 353 g/mol. The molecule has 5 heteroatoms. The van der Waals surface area contributed by atoms with Crippen molar-refractivity contribution in [1.82, 2.24) is 10.2 Å². The van der Waals surface area contributed by atoms with E-state index in [1.807, 2.05) is 42.6 Å². The average Bonchev–Trinajstić information content (AvgIpc) is 2.91. The van der Waals surface area contributed by atoms with Crippen LogP contribution in [0.3, 0.4) is 0 Å². The second-order valence-corrected chi connectivity index (χ2v) is 6.41. The molecule has 1 N–H and O–H groups in total. The number of carbonyl (C=O) groups is 1. The first-order chi connectivity index (χ1) is 9.56. The second-order valence-electron chi connectivity index (χ2n) is 4.71. The summed E-state index contributed by atoms with van der Waals surface area (Å²) in [4.78, 5) is 13.8. The molecule has 0 spiro atoms. The molecular formula is C15H17BrN2OS. The number of urea groups is 1. The summed E-state index contributed by atoms with van der Waals surface area (Å²) >= 11 is 5.09. The maximum Gasteiger partial charge on any atom is 0.317 e. The Kier molecular flexibility index (Phi) is 5.20. The number of rotatable bonds is 4. The van der Waals surface area contributed by atoms with Crippen molar-refractivity contribution < 1.29 is 4.79 Å². The third kappa shape index (κ3) is 4.08. The Morgan fingerprint density at radius 2 is 2.25 bits per heavy atom. The van der Waals surface area contributed by atoms with E-state index in [-0.39, 0.29) is 12.1 Å². The maximum atomic E-state index is 12.1. The third-order valence-corrected chi connectivity index (χ3v) is 4.26. The highest BCUT2D eigenvalue weighted by Gasteiger charge is 2.13. The van der Waals surface area contributed by atoms with Gasteiger partial charge in [0.1, 0.15) is 0 Å². The second kappa shape index (κ2) is 6.90. The predicted octanol–water partition coefficient (Wildman–Crippen LogP) is 4.41. The van der Waals surface area contributed by atoms with E-state index in [1.165, 1.54) is 0 Å². The van der Waals surface area contributed by atoms with E-state index in [9.17, 15) is 4.79 Å². The number of nitrogens with one attached hydrogen (secondary N) is 1. The molecule has 0 bridgehead atoms. The SMILES string of the molecule is C[C@H](NC(=O)N(C)Cc1ccsc1)c1cccc(Br)c1. The van der Waals surface area contributed by atoms with E-state index in [1.54, 1.807) is 23.3 Å². The van der Waals surface area contributed by atoms with E-state index in [4.69, 9.17) is 0 Å². The molecule has 0 unspecified atom stereocenters. The van der Waals surface area contributed by atoms with Crippen LogP contribution in [0.2, 0.25) is 0 Å². The van der Waals surface area contributed by atoms with Crippen LogP contribution in [0.1, 0.15) is 24.1 Å². The molecule has 1 heterocycles. The zero-order chi connectivity index (χ0) is 14.5. The highest BCUT2D eigenvalue weighted by Crippen LogP contribution is 2.18. The number of thiophene rings is 1. The van der Waals surface area contributed by atoms with E-state index >= 15 is 0 Å². The Bertz CT molecular complexity index is 571. The van der Waals surface area contributed by atoms with Crippen molar-refractivity contribution in [2.45, 2.75) is 19.5 Å². The first-order valence-electron chi connectivity index (χ1n) is 6.34. The van der Waals surface area contributed by atoms with Gasteiger partial charge in [-0.3, -0.25) is 0 Å². The van der Waals surface area contributed by atoms with Crippen molar-refractivity contribution in [3.8, 4) is 0 Å². The first kappa shape index (κ1) is 15.1. The molecule has 2 amide bonds. The van der Waals surface area contributed by atoms with Crippen LogP contribution in [0.4, 0.5) is 4.79 Å². The van der Waals surface area contributed by atoms with Crippen molar-refractivity contribution in [2.24, 2.45) is 0 Å². The number of hydrogen-bond donors (Lipinski definition) is 1. The Morgan fingerprint density at radius 3 is 2.90 bits per heavy atom. The van der Waals surface area contributed by atoms with Gasteiger partial charge in [-0.05, 0) is 47.0 Å². The molecule has 3 nitrogen and oxygen atoms in total. The van der Waals surface area contributed by atoms with Crippen LogP contribution in [0.25, 0.3) is 0 Å². The zero-order valence-electron chi connectivity index (χ0n) is 11.5. The van der Waals surface area contributed by atoms with Gasteiger partial charge in [0.2, 0.25) is 0 Å². The lowest BCUT2D eigenvalue weighted by Gasteiger charge is -2.21. The first-order valence-corrected chi connectivity index (χ1v) is 8.08. The lowest BCUT2D eigenvalue weighted by molar-refractivity contribution is 0.203. The molecule has 0 saturated heterocycles. The van der Waals surface area contributed by atoms with Gasteiger partial charge in [0, 0.05) is 18.1 Å². The molecular weight excluding hydrogens is 336 g/mol. The summed E-state index contributed by atoms with van der Waals surface area (Å²) in [6.45, 7) is 2.61. The number of nitrogens with zero attached hydrogens (tertiary/aromatic N) is 1. The fourth-order valence-corrected chi connectivity index (χ4v) is 2.96. The lowest BCUT2D eigenvalue weighted by Crippen LogP contribution is -2.38. The van der Waals surface area contributed by atoms with Gasteiger partial charge >= 0.3 is 6.03 Å². The predicted molar refractivity (Wildman–Crippen MR) is 86.9 cm³/mol. The molecule has 106 valence electrons. The van der Waals surface area contributed by atoms with E-state index in [0.29, 0.717) is 6.54 Å². The van der Waals surface area contributed by atoms with Gasteiger partial charge < -0.3 is 10.2 Å². The smallest absolute Gasteiger partial charge is 0.317 e. The van der Waals surface area contributed by atoms with Crippen LogP contribution in [0.5, 0.6) is 0 Å². The van der Waals surface area contributed by atoms with Crippen LogP contribution in [0.15, 0.2) is 45.6 Å². The van der Waals surface area contributed by atoms with E-state index in [0.717, 1.165) is 15.6 Å². The molecule has 0 saturated carbocycles. The third-order valence-electron chi connectivity index (χ3n) is 3.04. The van der Waals surface area contributed by atoms with Crippen molar-refractivity contribution in [1.29, 1.82) is 0 Å². The number of halogens is 1. The fraction of sp³-hybridized carbons (Fsp3) is 0.267. The summed E-state index contributed by atoms with van der Waals surface area (Å²) in [6.07, 6.45) is 0. The normalized spacial score (nSPS) is 11.9. The quantitative estimate of drug-likeness (QED) is 0.867. The molecule has 2 aromatic rings. The van der Waals surface area contributed by atoms with Gasteiger partial charge in [-0.25, -0.2) is 4.79 Å². The van der Waals surface area contributed by atoms with E-state index < -0.39 is 0 Å². The van der Waals surface area contributed by atoms with Crippen molar-refractivity contribution in [2.75, 3.05) is 7.05 Å². The Balaban J connectivity index is 1.93. The maximum absolute atomic E-state index is 12.1. The topological polar surface area (TPSA) is 32.3 Å². The van der Waals surface area contributed by atoms with Gasteiger partial charge in [-0.2, -0.15) is 11.3 Å². The van der Waals surface area contributed by atoms with E-state index in [2.05, 4.69) is 26.6 Å². The summed E-state index contributed by atoms with van der Waals surface area (Å²) in [5, 5.41) is 7.08. The molecule has 1 atom stereocenters. The van der Waals surface area contributed by atoms with Crippen molar-refractivity contribution >= 4 is 33.3 Å². The van der Waals surface area contributed by atoms with Crippen LogP contribution < -0.4 is 5.32 Å². The van der Waals surface area contributed by atoms with Gasteiger partial charge in [0.15, 0.2) is 0 Å². The van der Waals surface area contributed by atoms with Gasteiger partial charge in [0.25, 0.3) is 0 Å². The molecule has 20 heavy (non-hydrogen) atoms. The van der Waals surface area contributed by atoms with Crippen LogP contribution in [0, 0.1) is 0 Å². The van der Waals surface area contributed by atoms with Gasteiger partial charge in [0.05, 0.1) is 6.04 Å². The highest BCUT2D eigenvalue weighted by molar-refractivity contribution is 9.10. The summed E-state index contributed by atoms with van der Waals surface area (Å²) in [5.74, 6) is 0. The van der Waals surface area contributed by atoms with Gasteiger partial charge in [-0.15, -0.1) is 0 Å². The molecule has 0 fully saturated rings. The van der Waals surface area contributed by atoms with Gasteiger partial charge in [-0.1, -0.05) is 28.1 Å². The minimum Gasteiger partial charge on any atom is -0.331 e. The lowest BCUT2D eigenvalue weighted by atomic mass is 10.1. The van der Waals surface area contributed by atoms with Crippen molar-refractivity contribution in [3.05, 3.63) is 56.7 Å². The van der Waals surface area contributed by atoms with Crippen LogP contribution in [-0.4, -0.2) is 18.0 Å². The summed E-state index contributed by atoms with van der Waals surface area (Å²) in [7, 11) is 1.81. The molecule has 1 aromatic carbocycles. The standard InChI is InChI=1S/C15H17BrN2OS/c1-11(13-4-3-5-14(16)8-13)17-15(19)18(2)9-12-6-7-20-10-12/h3-8,10-11H,9H2,1-2H3,(H,17,19)/t11-/m0/s1. The number of amides is 2. The minimum atomic E-state index is -0.0660. The zero-order valence-corrected chi connectivity index (χ0v) is 13.9. The monoisotopic (exact) mass is 352 g/mol. The Morgan fingerprint density at radius 1 is 1.45 bits per heavy atom. The number of carbonyl (C=O) groups excluding carboxylic acids is 1. The highest BCUT2D eigenvalue weighted by atomic mass is 79.9. The molecule has 0 aliphatic rings. The van der Waals surface area contributed by atoms with Crippen molar-refractivity contribution in [3.63, 3.8) is 0 Å². The molecule has 0 aliphatic heterocycles. The minimum absolute atomic E-state index is 0.0232. The molecule has 2 rings (SSSR count). The van der Waals surface area contributed by atoms with Crippen LogP contribution in [-0.2, 0) is 6.54 Å². The summed E-state index contributed by atoms with van der Waals surface area (Å²) < 4.78 is 1.02. The molecule has 1 aromatic heterocycles. The molecule has 0 radical (unpaired) electrons. The van der Waals surface area contributed by atoms with Crippen LogP contribution >= 0.6 is 27.3 Å². The number of benzene rings is 1. The fourth-order valence-electron chi connectivity index (χ4n) is 1.88. The molecule has 0 aliphatic carbocycles. The summed E-state index contributed by atoms with van der Waals surface area (Å²) in [6, 6.07) is 9.91. The summed E-state index contributed by atoms with van der Waals surface area (Å²) in [5.41, 5.74) is 2.24. The Hall–Kier alpha value is -1.33. The number of hydrogen-bond acceptors (Lipinski definition) is 2. The Labute approximate surface area is 131 Å². The largest absolute Gasteiger partial charge is 0.331 e.